The van der Waals surface area contributed by atoms with Gasteiger partial charge >= 0.3 is 0 Å². The number of rotatable bonds is 2. The van der Waals surface area contributed by atoms with Gasteiger partial charge in [0, 0.05) is 6.04 Å². The summed E-state index contributed by atoms with van der Waals surface area (Å²) in [5, 5.41) is 3.03. The molecule has 0 aliphatic heterocycles. The van der Waals surface area contributed by atoms with Crippen molar-refractivity contribution < 1.29 is 0 Å². The minimum absolute atomic E-state index is 0.112. The Labute approximate surface area is 77.7 Å². The largest absolute Gasteiger partial charge is 0.393 e. The van der Waals surface area contributed by atoms with Crippen molar-refractivity contribution in [2.75, 3.05) is 5.73 Å². The maximum absolute atomic E-state index is 11.5. The molecule has 0 aromatic carbocycles. The standard InChI is InChI=1S/C9H17N3O/c1-5(2)8-7(10)9(13)12(11-8)6(3)4/h5-6,11H,10H2,1-4H3. The Morgan fingerprint density at radius 2 is 1.85 bits per heavy atom. The highest BCUT2D eigenvalue weighted by molar-refractivity contribution is 5.42. The predicted molar refractivity (Wildman–Crippen MR) is 53.9 cm³/mol. The van der Waals surface area contributed by atoms with E-state index in [2.05, 4.69) is 5.10 Å². The highest BCUT2D eigenvalue weighted by atomic mass is 16.1. The summed E-state index contributed by atoms with van der Waals surface area (Å²) in [5.74, 6) is 0.257. The van der Waals surface area contributed by atoms with Crippen molar-refractivity contribution in [2.24, 2.45) is 0 Å². The zero-order chi connectivity index (χ0) is 10.2. The fraction of sp³-hybridized carbons (Fsp3) is 0.667. The SMILES string of the molecule is CC(C)c1[nH]n(C(C)C)c(=O)c1N. The molecule has 0 aliphatic carbocycles. The first kappa shape index (κ1) is 9.89. The lowest BCUT2D eigenvalue weighted by Gasteiger charge is -2.05. The Bertz CT molecular complexity index is 346. The van der Waals surface area contributed by atoms with Crippen LogP contribution in [0.15, 0.2) is 4.79 Å². The summed E-state index contributed by atoms with van der Waals surface area (Å²) in [6, 6.07) is 0.127. The normalized spacial score (nSPS) is 11.5. The Kier molecular flexibility index (Phi) is 2.50. The fourth-order valence-corrected chi connectivity index (χ4v) is 1.29. The summed E-state index contributed by atoms with van der Waals surface area (Å²) in [4.78, 5) is 11.5. The summed E-state index contributed by atoms with van der Waals surface area (Å²) >= 11 is 0. The maximum atomic E-state index is 11.5. The third kappa shape index (κ3) is 1.61. The second-order valence-electron chi connectivity index (χ2n) is 3.86. The first-order chi connectivity index (χ1) is 5.95. The predicted octanol–water partition coefficient (Wildman–Crippen LogP) is 1.46. The van der Waals surface area contributed by atoms with E-state index in [0.717, 1.165) is 5.69 Å². The molecule has 0 amide bonds. The van der Waals surface area contributed by atoms with E-state index in [0.29, 0.717) is 5.69 Å². The second kappa shape index (κ2) is 3.28. The molecule has 0 saturated heterocycles. The minimum Gasteiger partial charge on any atom is -0.393 e. The van der Waals surface area contributed by atoms with E-state index >= 15 is 0 Å². The van der Waals surface area contributed by atoms with Gasteiger partial charge in [0.05, 0.1) is 5.69 Å². The molecule has 4 heteroatoms. The van der Waals surface area contributed by atoms with Gasteiger partial charge in [0.2, 0.25) is 0 Å². The molecule has 1 aromatic rings. The molecule has 0 bridgehead atoms. The van der Waals surface area contributed by atoms with Crippen LogP contribution in [0.1, 0.15) is 45.3 Å². The summed E-state index contributed by atoms with van der Waals surface area (Å²) in [6.07, 6.45) is 0. The van der Waals surface area contributed by atoms with E-state index < -0.39 is 0 Å². The van der Waals surface area contributed by atoms with Crippen molar-refractivity contribution in [1.82, 2.24) is 9.78 Å². The zero-order valence-corrected chi connectivity index (χ0v) is 8.59. The van der Waals surface area contributed by atoms with Crippen molar-refractivity contribution in [2.45, 2.75) is 39.7 Å². The fourth-order valence-electron chi connectivity index (χ4n) is 1.29. The van der Waals surface area contributed by atoms with Gasteiger partial charge in [0.1, 0.15) is 5.69 Å². The van der Waals surface area contributed by atoms with E-state index in [1.165, 1.54) is 0 Å². The number of aromatic amines is 1. The van der Waals surface area contributed by atoms with Crippen LogP contribution in [-0.4, -0.2) is 9.78 Å². The number of anilines is 1. The molecule has 0 spiro atoms. The first-order valence-electron chi connectivity index (χ1n) is 4.55. The van der Waals surface area contributed by atoms with E-state index in [1.807, 2.05) is 27.7 Å². The van der Waals surface area contributed by atoms with Gasteiger partial charge in [-0.15, -0.1) is 0 Å². The van der Waals surface area contributed by atoms with Gasteiger partial charge in [-0.1, -0.05) is 13.8 Å². The lowest BCUT2D eigenvalue weighted by Crippen LogP contribution is -2.20. The van der Waals surface area contributed by atoms with Gasteiger partial charge in [0.15, 0.2) is 0 Å². The summed E-state index contributed by atoms with van der Waals surface area (Å²) in [6.45, 7) is 7.90. The molecular formula is C9H17N3O. The molecule has 1 rings (SSSR count). The van der Waals surface area contributed by atoms with Gasteiger partial charge in [-0.2, -0.15) is 0 Å². The number of nitrogens with zero attached hydrogens (tertiary/aromatic N) is 1. The highest BCUT2D eigenvalue weighted by Crippen LogP contribution is 2.16. The monoisotopic (exact) mass is 183 g/mol. The molecule has 0 fully saturated rings. The molecule has 13 heavy (non-hydrogen) atoms. The van der Waals surface area contributed by atoms with Gasteiger partial charge in [0.25, 0.3) is 5.56 Å². The smallest absolute Gasteiger partial charge is 0.290 e. The molecule has 1 heterocycles. The van der Waals surface area contributed by atoms with E-state index in [9.17, 15) is 4.79 Å². The summed E-state index contributed by atoms with van der Waals surface area (Å²) in [5.41, 5.74) is 6.75. The average molecular weight is 183 g/mol. The molecule has 4 nitrogen and oxygen atoms in total. The quantitative estimate of drug-likeness (QED) is 0.729. The highest BCUT2D eigenvalue weighted by Gasteiger charge is 2.14. The van der Waals surface area contributed by atoms with E-state index in [-0.39, 0.29) is 17.5 Å². The van der Waals surface area contributed by atoms with Crippen LogP contribution < -0.4 is 11.3 Å². The van der Waals surface area contributed by atoms with Crippen LogP contribution in [0.2, 0.25) is 0 Å². The number of hydrogen-bond donors (Lipinski definition) is 2. The molecular weight excluding hydrogens is 166 g/mol. The number of H-pyrrole nitrogens is 1. The summed E-state index contributed by atoms with van der Waals surface area (Å²) in [7, 11) is 0. The second-order valence-corrected chi connectivity index (χ2v) is 3.86. The van der Waals surface area contributed by atoms with Crippen molar-refractivity contribution >= 4 is 5.69 Å². The Morgan fingerprint density at radius 1 is 1.31 bits per heavy atom. The lowest BCUT2D eigenvalue weighted by molar-refractivity contribution is 0.509. The zero-order valence-electron chi connectivity index (χ0n) is 8.59. The van der Waals surface area contributed by atoms with Crippen LogP contribution in [-0.2, 0) is 0 Å². The molecule has 0 saturated carbocycles. The molecule has 74 valence electrons. The third-order valence-corrected chi connectivity index (χ3v) is 2.07. The Hall–Kier alpha value is -1.19. The number of nitrogen functional groups attached to an aromatic ring is 1. The van der Waals surface area contributed by atoms with Crippen LogP contribution in [0.3, 0.4) is 0 Å². The van der Waals surface area contributed by atoms with Crippen molar-refractivity contribution in [3.8, 4) is 0 Å². The molecule has 0 atom stereocenters. The van der Waals surface area contributed by atoms with Crippen LogP contribution in [0.25, 0.3) is 0 Å². The van der Waals surface area contributed by atoms with Crippen molar-refractivity contribution in [3.63, 3.8) is 0 Å². The minimum atomic E-state index is -0.112. The van der Waals surface area contributed by atoms with Crippen molar-refractivity contribution in [3.05, 3.63) is 16.0 Å². The maximum Gasteiger partial charge on any atom is 0.290 e. The van der Waals surface area contributed by atoms with Gasteiger partial charge < -0.3 is 5.73 Å². The molecule has 0 radical (unpaired) electrons. The number of nitrogens with one attached hydrogen (secondary N) is 1. The van der Waals surface area contributed by atoms with Crippen molar-refractivity contribution in [1.29, 1.82) is 0 Å². The van der Waals surface area contributed by atoms with Gasteiger partial charge in [-0.05, 0) is 19.8 Å². The van der Waals surface area contributed by atoms with E-state index in [1.54, 1.807) is 4.68 Å². The molecule has 0 aliphatic rings. The lowest BCUT2D eigenvalue weighted by atomic mass is 10.1. The molecule has 3 N–H and O–H groups in total. The van der Waals surface area contributed by atoms with Gasteiger partial charge in [-0.25, -0.2) is 4.68 Å². The molecule has 0 unspecified atom stereocenters. The first-order valence-corrected chi connectivity index (χ1v) is 4.55. The molecule has 1 aromatic heterocycles. The number of hydrogen-bond acceptors (Lipinski definition) is 2. The Balaban J connectivity index is 3.29. The third-order valence-electron chi connectivity index (χ3n) is 2.07. The average Bonchev–Trinajstić information content (AvgIpc) is 2.29. The van der Waals surface area contributed by atoms with E-state index in [4.69, 9.17) is 5.73 Å². The summed E-state index contributed by atoms with van der Waals surface area (Å²) < 4.78 is 1.56. The van der Waals surface area contributed by atoms with Crippen LogP contribution >= 0.6 is 0 Å². The topological polar surface area (TPSA) is 63.8 Å². The van der Waals surface area contributed by atoms with Gasteiger partial charge in [-0.3, -0.25) is 9.89 Å². The number of aromatic nitrogens is 2. The van der Waals surface area contributed by atoms with Crippen LogP contribution in [0.5, 0.6) is 0 Å². The Morgan fingerprint density at radius 3 is 2.08 bits per heavy atom. The van der Waals surface area contributed by atoms with Crippen LogP contribution in [0, 0.1) is 0 Å². The van der Waals surface area contributed by atoms with Crippen LogP contribution in [0.4, 0.5) is 5.69 Å². The number of nitrogens with two attached hydrogens (primary N) is 1.